The van der Waals surface area contributed by atoms with E-state index in [1.807, 2.05) is 55.6 Å². The second-order valence-electron chi connectivity index (χ2n) is 5.40. The SMILES string of the molecule is CNCCc1nc(-c2ccc(OCc3ccccc3)c(Cl)c2)cs1. The zero-order chi connectivity index (χ0) is 16.8. The molecule has 0 atom stereocenters. The van der Waals surface area contributed by atoms with Crippen molar-refractivity contribution in [2.75, 3.05) is 13.6 Å². The molecule has 3 rings (SSSR count). The van der Waals surface area contributed by atoms with Crippen LogP contribution in [0.2, 0.25) is 5.02 Å². The maximum atomic E-state index is 6.38. The third kappa shape index (κ3) is 4.35. The van der Waals surface area contributed by atoms with Gasteiger partial charge in [-0.1, -0.05) is 41.9 Å². The number of ether oxygens (including phenoxy) is 1. The zero-order valence-corrected chi connectivity index (χ0v) is 15.0. The average Bonchev–Trinajstić information content (AvgIpc) is 3.09. The van der Waals surface area contributed by atoms with Gasteiger partial charge >= 0.3 is 0 Å². The van der Waals surface area contributed by atoms with E-state index in [9.17, 15) is 0 Å². The highest BCUT2D eigenvalue weighted by Gasteiger charge is 2.08. The minimum Gasteiger partial charge on any atom is -0.487 e. The van der Waals surface area contributed by atoms with Crippen molar-refractivity contribution in [2.45, 2.75) is 13.0 Å². The molecule has 0 bridgehead atoms. The number of thiazole rings is 1. The molecule has 0 unspecified atom stereocenters. The largest absolute Gasteiger partial charge is 0.487 e. The van der Waals surface area contributed by atoms with Crippen LogP contribution in [0, 0.1) is 0 Å². The number of likely N-dealkylation sites (N-methyl/N-ethyl adjacent to an activating group) is 1. The van der Waals surface area contributed by atoms with E-state index in [1.165, 1.54) is 0 Å². The first-order valence-electron chi connectivity index (χ1n) is 7.82. The van der Waals surface area contributed by atoms with Crippen molar-refractivity contribution in [1.29, 1.82) is 0 Å². The van der Waals surface area contributed by atoms with Gasteiger partial charge in [-0.15, -0.1) is 11.3 Å². The normalized spacial score (nSPS) is 10.8. The van der Waals surface area contributed by atoms with Crippen molar-refractivity contribution in [2.24, 2.45) is 0 Å². The fourth-order valence-corrected chi connectivity index (χ4v) is 3.35. The van der Waals surface area contributed by atoms with Crippen LogP contribution in [-0.4, -0.2) is 18.6 Å². The number of hydrogen-bond acceptors (Lipinski definition) is 4. The van der Waals surface area contributed by atoms with Crippen molar-refractivity contribution in [1.82, 2.24) is 10.3 Å². The average molecular weight is 359 g/mol. The summed E-state index contributed by atoms with van der Waals surface area (Å²) in [5.41, 5.74) is 3.09. The molecule has 5 heteroatoms. The van der Waals surface area contributed by atoms with Crippen molar-refractivity contribution in [3.8, 4) is 17.0 Å². The van der Waals surface area contributed by atoms with Crippen LogP contribution in [0.15, 0.2) is 53.9 Å². The number of rotatable bonds is 7. The van der Waals surface area contributed by atoms with Crippen LogP contribution in [0.3, 0.4) is 0 Å². The first-order valence-corrected chi connectivity index (χ1v) is 9.07. The van der Waals surface area contributed by atoms with E-state index in [2.05, 4.69) is 15.7 Å². The molecule has 0 aliphatic heterocycles. The summed E-state index contributed by atoms with van der Waals surface area (Å²) in [6.07, 6.45) is 0.938. The predicted molar refractivity (Wildman–Crippen MR) is 101 cm³/mol. The molecule has 3 aromatic rings. The highest BCUT2D eigenvalue weighted by molar-refractivity contribution is 7.09. The molecule has 124 valence electrons. The molecule has 0 radical (unpaired) electrons. The summed E-state index contributed by atoms with van der Waals surface area (Å²) in [5.74, 6) is 0.690. The Labute approximate surface area is 151 Å². The Kier molecular flexibility index (Phi) is 5.86. The van der Waals surface area contributed by atoms with Crippen LogP contribution in [-0.2, 0) is 13.0 Å². The lowest BCUT2D eigenvalue weighted by Crippen LogP contribution is -2.09. The molecule has 0 spiro atoms. The Morgan fingerprint density at radius 1 is 1.17 bits per heavy atom. The molecule has 24 heavy (non-hydrogen) atoms. The Morgan fingerprint density at radius 3 is 2.75 bits per heavy atom. The highest BCUT2D eigenvalue weighted by atomic mass is 35.5. The molecule has 0 aliphatic carbocycles. The lowest BCUT2D eigenvalue weighted by atomic mass is 10.1. The first-order chi connectivity index (χ1) is 11.8. The van der Waals surface area contributed by atoms with Crippen LogP contribution in [0.25, 0.3) is 11.3 Å². The summed E-state index contributed by atoms with van der Waals surface area (Å²) >= 11 is 8.05. The fourth-order valence-electron chi connectivity index (χ4n) is 2.30. The number of nitrogens with one attached hydrogen (secondary N) is 1. The molecule has 2 aromatic carbocycles. The molecule has 0 aliphatic rings. The maximum Gasteiger partial charge on any atom is 0.138 e. The predicted octanol–water partition coefficient (Wildman–Crippen LogP) is 4.80. The second-order valence-corrected chi connectivity index (χ2v) is 6.75. The highest BCUT2D eigenvalue weighted by Crippen LogP contribution is 2.31. The van der Waals surface area contributed by atoms with Crippen LogP contribution in [0.1, 0.15) is 10.6 Å². The Hall–Kier alpha value is -1.88. The van der Waals surface area contributed by atoms with E-state index >= 15 is 0 Å². The van der Waals surface area contributed by atoms with Crippen LogP contribution in [0.5, 0.6) is 5.75 Å². The maximum absolute atomic E-state index is 6.38. The molecular formula is C19H19ClN2OS. The van der Waals surface area contributed by atoms with E-state index in [-0.39, 0.29) is 0 Å². The van der Waals surface area contributed by atoms with Gasteiger partial charge < -0.3 is 10.1 Å². The smallest absolute Gasteiger partial charge is 0.138 e. The van der Waals surface area contributed by atoms with Gasteiger partial charge in [0.25, 0.3) is 0 Å². The van der Waals surface area contributed by atoms with E-state index in [1.54, 1.807) is 11.3 Å². The van der Waals surface area contributed by atoms with Gasteiger partial charge in [-0.2, -0.15) is 0 Å². The van der Waals surface area contributed by atoms with Crippen LogP contribution >= 0.6 is 22.9 Å². The minimum atomic E-state index is 0.505. The fraction of sp³-hybridized carbons (Fsp3) is 0.211. The number of halogens is 1. The molecule has 1 N–H and O–H groups in total. The summed E-state index contributed by atoms with van der Waals surface area (Å²) in [7, 11) is 1.95. The summed E-state index contributed by atoms with van der Waals surface area (Å²) in [6, 6.07) is 15.9. The van der Waals surface area contributed by atoms with Gasteiger partial charge in [0.2, 0.25) is 0 Å². The Balaban J connectivity index is 1.69. The number of nitrogens with zero attached hydrogens (tertiary/aromatic N) is 1. The van der Waals surface area contributed by atoms with Gasteiger partial charge in [-0.05, 0) is 30.8 Å². The molecule has 0 saturated heterocycles. The number of hydrogen-bond donors (Lipinski definition) is 1. The summed E-state index contributed by atoms with van der Waals surface area (Å²) in [5, 5.41) is 6.94. The summed E-state index contributed by atoms with van der Waals surface area (Å²) < 4.78 is 5.81. The second kappa shape index (κ2) is 8.29. The third-order valence-electron chi connectivity index (χ3n) is 3.61. The molecule has 0 amide bonds. The van der Waals surface area contributed by atoms with Gasteiger partial charge in [0, 0.05) is 23.9 Å². The van der Waals surface area contributed by atoms with E-state index in [0.29, 0.717) is 17.4 Å². The topological polar surface area (TPSA) is 34.2 Å². The summed E-state index contributed by atoms with van der Waals surface area (Å²) in [4.78, 5) is 4.66. The van der Waals surface area contributed by atoms with Crippen molar-refractivity contribution < 1.29 is 4.74 Å². The Morgan fingerprint density at radius 2 is 2.00 bits per heavy atom. The quantitative estimate of drug-likeness (QED) is 0.658. The molecule has 0 saturated carbocycles. The van der Waals surface area contributed by atoms with Crippen molar-refractivity contribution >= 4 is 22.9 Å². The van der Waals surface area contributed by atoms with Gasteiger partial charge in [-0.25, -0.2) is 4.98 Å². The molecule has 1 heterocycles. The van der Waals surface area contributed by atoms with Crippen molar-refractivity contribution in [3.63, 3.8) is 0 Å². The van der Waals surface area contributed by atoms with Crippen LogP contribution in [0.4, 0.5) is 0 Å². The minimum absolute atomic E-state index is 0.505. The molecule has 1 aromatic heterocycles. The standard InChI is InChI=1S/C19H19ClN2OS/c1-21-10-9-19-22-17(13-24-19)15-7-8-18(16(20)11-15)23-12-14-5-3-2-4-6-14/h2-8,11,13,21H,9-10,12H2,1H3. The van der Waals surface area contributed by atoms with E-state index < -0.39 is 0 Å². The number of aromatic nitrogens is 1. The lowest BCUT2D eigenvalue weighted by molar-refractivity contribution is 0.306. The van der Waals surface area contributed by atoms with E-state index in [4.69, 9.17) is 16.3 Å². The monoisotopic (exact) mass is 358 g/mol. The summed E-state index contributed by atoms with van der Waals surface area (Å²) in [6.45, 7) is 1.44. The van der Waals surface area contributed by atoms with Gasteiger partial charge in [-0.3, -0.25) is 0 Å². The van der Waals surface area contributed by atoms with E-state index in [0.717, 1.165) is 34.8 Å². The van der Waals surface area contributed by atoms with Gasteiger partial charge in [0.1, 0.15) is 12.4 Å². The third-order valence-corrected chi connectivity index (χ3v) is 4.81. The number of benzene rings is 2. The van der Waals surface area contributed by atoms with Crippen LogP contribution < -0.4 is 10.1 Å². The van der Waals surface area contributed by atoms with Crippen molar-refractivity contribution in [3.05, 3.63) is 69.5 Å². The molecule has 3 nitrogen and oxygen atoms in total. The van der Waals surface area contributed by atoms with Gasteiger partial charge in [0.05, 0.1) is 15.7 Å². The Bertz CT molecular complexity index is 789. The molecular weight excluding hydrogens is 340 g/mol. The first kappa shape index (κ1) is 17.0. The lowest BCUT2D eigenvalue weighted by Gasteiger charge is -2.09. The molecule has 0 fully saturated rings. The van der Waals surface area contributed by atoms with Gasteiger partial charge in [0.15, 0.2) is 0 Å². The zero-order valence-electron chi connectivity index (χ0n) is 13.5.